The summed E-state index contributed by atoms with van der Waals surface area (Å²) in [5.74, 6) is 1.28. The highest BCUT2D eigenvalue weighted by Gasteiger charge is 2.47. The summed E-state index contributed by atoms with van der Waals surface area (Å²) in [6.45, 7) is 0.110. The zero-order valence-corrected chi connectivity index (χ0v) is 5.69. The first-order valence-electron chi connectivity index (χ1n) is 3.20. The van der Waals surface area contributed by atoms with E-state index in [4.69, 9.17) is 6.42 Å². The molecule has 0 saturated carbocycles. The number of ether oxygens (including phenoxy) is 1. The summed E-state index contributed by atoms with van der Waals surface area (Å²) in [7, 11) is 0. The summed E-state index contributed by atoms with van der Waals surface area (Å²) in [5, 5.41) is 0. The zero-order chi connectivity index (χ0) is 8.48. The van der Waals surface area contributed by atoms with Crippen molar-refractivity contribution >= 4 is 0 Å². The van der Waals surface area contributed by atoms with Gasteiger partial charge >= 0.3 is 6.18 Å². The Balaban J connectivity index is 2.66. The van der Waals surface area contributed by atoms with Gasteiger partial charge in [-0.1, -0.05) is 0 Å². The van der Waals surface area contributed by atoms with Crippen LogP contribution in [-0.4, -0.2) is 18.9 Å². The van der Waals surface area contributed by atoms with Gasteiger partial charge in [0.2, 0.25) is 0 Å². The van der Waals surface area contributed by atoms with Gasteiger partial charge in [0.25, 0.3) is 0 Å². The maximum atomic E-state index is 12.0. The molecule has 0 aromatic rings. The summed E-state index contributed by atoms with van der Waals surface area (Å²) in [5.41, 5.74) is 0. The third-order valence-electron chi connectivity index (χ3n) is 1.63. The van der Waals surface area contributed by atoms with Crippen molar-refractivity contribution < 1.29 is 17.9 Å². The van der Waals surface area contributed by atoms with Gasteiger partial charge < -0.3 is 4.74 Å². The highest BCUT2D eigenvalue weighted by molar-refractivity contribution is 5.01. The number of rotatable bonds is 0. The average Bonchev–Trinajstić information content (AvgIpc) is 2.31. The van der Waals surface area contributed by atoms with E-state index in [-0.39, 0.29) is 6.61 Å². The number of terminal acetylenes is 1. The molecule has 0 N–H and O–H groups in total. The van der Waals surface area contributed by atoms with Crippen molar-refractivity contribution in [2.75, 3.05) is 6.61 Å². The van der Waals surface area contributed by atoms with E-state index >= 15 is 0 Å². The van der Waals surface area contributed by atoms with Gasteiger partial charge in [-0.3, -0.25) is 0 Å². The Hall–Kier alpha value is -0.690. The largest absolute Gasteiger partial charge is 0.415 e. The minimum absolute atomic E-state index is 0.110. The normalized spacial score (nSPS) is 31.8. The second-order valence-electron chi connectivity index (χ2n) is 2.39. The van der Waals surface area contributed by atoms with E-state index in [9.17, 15) is 13.2 Å². The summed E-state index contributed by atoms with van der Waals surface area (Å²) in [6.07, 6.45) is -0.858. The molecule has 2 atom stereocenters. The van der Waals surface area contributed by atoms with Gasteiger partial charge in [-0.25, -0.2) is 0 Å². The third kappa shape index (κ3) is 1.66. The van der Waals surface area contributed by atoms with Crippen LogP contribution >= 0.6 is 0 Å². The lowest BCUT2D eigenvalue weighted by Crippen LogP contribution is -2.33. The molecule has 1 aliphatic rings. The molecule has 1 nitrogen and oxygen atoms in total. The fourth-order valence-electron chi connectivity index (χ4n) is 1.08. The Kier molecular flexibility index (Phi) is 2.10. The molecule has 4 heteroatoms. The monoisotopic (exact) mass is 164 g/mol. The Morgan fingerprint density at radius 1 is 1.45 bits per heavy atom. The maximum absolute atomic E-state index is 12.0. The highest BCUT2D eigenvalue weighted by Crippen LogP contribution is 2.33. The van der Waals surface area contributed by atoms with Crippen LogP contribution in [0, 0.1) is 18.3 Å². The first-order valence-corrected chi connectivity index (χ1v) is 3.20. The highest BCUT2D eigenvalue weighted by atomic mass is 19.4. The minimum atomic E-state index is -4.31. The summed E-state index contributed by atoms with van der Waals surface area (Å²) < 4.78 is 40.4. The van der Waals surface area contributed by atoms with Crippen LogP contribution < -0.4 is 0 Å². The van der Waals surface area contributed by atoms with E-state index in [1.54, 1.807) is 0 Å². The Morgan fingerprint density at radius 2 is 2.09 bits per heavy atom. The molecule has 11 heavy (non-hydrogen) atoms. The minimum Gasteiger partial charge on any atom is -0.367 e. The maximum Gasteiger partial charge on any atom is 0.415 e. The van der Waals surface area contributed by atoms with Crippen LogP contribution in [0.5, 0.6) is 0 Å². The van der Waals surface area contributed by atoms with Gasteiger partial charge in [-0.15, -0.1) is 12.3 Å². The smallest absolute Gasteiger partial charge is 0.367 e. The summed E-state index contributed by atoms with van der Waals surface area (Å²) >= 11 is 0. The van der Waals surface area contributed by atoms with E-state index in [2.05, 4.69) is 10.7 Å². The molecular weight excluding hydrogens is 157 g/mol. The quantitative estimate of drug-likeness (QED) is 0.494. The van der Waals surface area contributed by atoms with Crippen molar-refractivity contribution in [1.29, 1.82) is 0 Å². The molecular formula is C7H7F3O. The topological polar surface area (TPSA) is 9.23 Å². The van der Waals surface area contributed by atoms with E-state index < -0.39 is 18.2 Å². The molecule has 1 rings (SSSR count). The third-order valence-corrected chi connectivity index (χ3v) is 1.63. The molecule has 0 amide bonds. The molecule has 0 spiro atoms. The second-order valence-corrected chi connectivity index (χ2v) is 2.39. The van der Waals surface area contributed by atoms with E-state index in [1.165, 1.54) is 0 Å². The number of alkyl halides is 3. The Bertz CT molecular complexity index is 179. The average molecular weight is 164 g/mol. The summed E-state index contributed by atoms with van der Waals surface area (Å²) in [6, 6.07) is 0. The second kappa shape index (κ2) is 2.74. The van der Waals surface area contributed by atoms with Crippen LogP contribution in [0.2, 0.25) is 0 Å². The molecule has 0 aromatic heterocycles. The molecule has 0 aliphatic carbocycles. The van der Waals surface area contributed by atoms with Crippen LogP contribution in [0.25, 0.3) is 0 Å². The van der Waals surface area contributed by atoms with Crippen molar-refractivity contribution in [1.82, 2.24) is 0 Å². The van der Waals surface area contributed by atoms with E-state index in [1.807, 2.05) is 0 Å². The van der Waals surface area contributed by atoms with Gasteiger partial charge in [0.1, 0.15) is 0 Å². The zero-order valence-electron chi connectivity index (χ0n) is 5.69. The van der Waals surface area contributed by atoms with Crippen molar-refractivity contribution in [3.8, 4) is 12.3 Å². The lowest BCUT2D eigenvalue weighted by molar-refractivity contribution is -0.212. The molecule has 1 saturated heterocycles. The molecule has 1 aliphatic heterocycles. The van der Waals surface area contributed by atoms with Gasteiger partial charge in [-0.2, -0.15) is 13.2 Å². The van der Waals surface area contributed by atoms with Gasteiger partial charge in [-0.05, 0) is 6.42 Å². The van der Waals surface area contributed by atoms with Crippen LogP contribution in [0.1, 0.15) is 6.42 Å². The van der Waals surface area contributed by atoms with Crippen LogP contribution in [0.15, 0.2) is 0 Å². The predicted molar refractivity (Wildman–Crippen MR) is 32.7 cm³/mol. The fraction of sp³-hybridized carbons (Fsp3) is 0.714. The van der Waals surface area contributed by atoms with Gasteiger partial charge in [0.15, 0.2) is 6.10 Å². The molecule has 1 unspecified atom stereocenters. The van der Waals surface area contributed by atoms with Crippen molar-refractivity contribution in [2.24, 2.45) is 5.92 Å². The first-order chi connectivity index (χ1) is 5.05. The van der Waals surface area contributed by atoms with Crippen LogP contribution in [-0.2, 0) is 4.74 Å². The molecule has 0 aromatic carbocycles. The van der Waals surface area contributed by atoms with Gasteiger partial charge in [0, 0.05) is 6.61 Å². The Morgan fingerprint density at radius 3 is 2.45 bits per heavy atom. The van der Waals surface area contributed by atoms with Crippen molar-refractivity contribution in [3.05, 3.63) is 0 Å². The summed E-state index contributed by atoms with van der Waals surface area (Å²) in [4.78, 5) is 0. The number of hydrogen-bond acceptors (Lipinski definition) is 1. The fourth-order valence-corrected chi connectivity index (χ4v) is 1.08. The lowest BCUT2D eigenvalue weighted by Gasteiger charge is -2.16. The molecule has 1 fully saturated rings. The SMILES string of the molecule is C#CC1CCO[C@H]1C(F)(F)F. The lowest BCUT2D eigenvalue weighted by atomic mass is 10.0. The molecule has 0 bridgehead atoms. The van der Waals surface area contributed by atoms with E-state index in [0.717, 1.165) is 0 Å². The first kappa shape index (κ1) is 8.41. The van der Waals surface area contributed by atoms with Crippen molar-refractivity contribution in [2.45, 2.75) is 18.7 Å². The van der Waals surface area contributed by atoms with Gasteiger partial charge in [0.05, 0.1) is 5.92 Å². The molecule has 62 valence electrons. The number of hydrogen-bond donors (Lipinski definition) is 0. The van der Waals surface area contributed by atoms with Crippen molar-refractivity contribution in [3.63, 3.8) is 0 Å². The Labute approximate surface area is 62.5 Å². The van der Waals surface area contributed by atoms with Crippen LogP contribution in [0.4, 0.5) is 13.2 Å². The van der Waals surface area contributed by atoms with E-state index in [0.29, 0.717) is 6.42 Å². The molecule has 1 heterocycles. The molecule has 0 radical (unpaired) electrons. The van der Waals surface area contributed by atoms with Crippen LogP contribution in [0.3, 0.4) is 0 Å². The standard InChI is InChI=1S/C7H7F3O/c1-2-5-3-4-11-6(5)7(8,9)10/h1,5-6H,3-4H2/t5?,6-/m1/s1. The predicted octanol–water partition coefficient (Wildman–Crippen LogP) is 1.59. The number of halogens is 3.